The number of aliphatic hydroxyl groups excluding tert-OH is 1. The van der Waals surface area contributed by atoms with E-state index in [0.717, 1.165) is 41.7 Å². The summed E-state index contributed by atoms with van der Waals surface area (Å²) in [4.78, 5) is 2.53. The number of aliphatic hydroxyl groups is 1. The molecule has 0 bridgehead atoms. The first-order chi connectivity index (χ1) is 12.9. The van der Waals surface area contributed by atoms with Crippen LogP contribution in [-0.4, -0.2) is 36.8 Å². The maximum Gasteiger partial charge on any atom is 0.126 e. The number of hydrogen-bond acceptors (Lipinski definition) is 3. The zero-order chi connectivity index (χ0) is 19.9. The summed E-state index contributed by atoms with van der Waals surface area (Å²) in [5.74, 6) is 0.854. The summed E-state index contributed by atoms with van der Waals surface area (Å²) < 4.78 is 5.51. The van der Waals surface area contributed by atoms with Crippen LogP contribution in [0.15, 0.2) is 36.4 Å². The van der Waals surface area contributed by atoms with E-state index in [4.69, 9.17) is 4.74 Å². The number of methoxy groups -OCH3 is 1. The van der Waals surface area contributed by atoms with Crippen molar-refractivity contribution < 1.29 is 9.84 Å². The van der Waals surface area contributed by atoms with E-state index < -0.39 is 6.10 Å². The Morgan fingerprint density at radius 1 is 0.963 bits per heavy atom. The lowest BCUT2D eigenvalue weighted by Crippen LogP contribution is -2.39. The molecule has 0 heterocycles. The van der Waals surface area contributed by atoms with E-state index in [0.29, 0.717) is 0 Å². The number of unbranched alkanes of at least 4 members (excludes halogenated alkanes) is 2. The molecule has 1 atom stereocenters. The molecule has 2 rings (SSSR count). The van der Waals surface area contributed by atoms with Gasteiger partial charge in [-0.3, -0.25) is 0 Å². The second kappa shape index (κ2) is 10.1. The van der Waals surface area contributed by atoms with Crippen molar-refractivity contribution in [1.82, 2.24) is 4.90 Å². The van der Waals surface area contributed by atoms with Crippen molar-refractivity contribution in [2.45, 2.75) is 59.5 Å². The minimum absolute atomic E-state index is 0.237. The minimum Gasteiger partial charge on any atom is -0.496 e. The van der Waals surface area contributed by atoms with E-state index in [1.165, 1.54) is 25.7 Å². The molecule has 3 nitrogen and oxygen atoms in total. The van der Waals surface area contributed by atoms with E-state index in [2.05, 4.69) is 44.7 Å². The Morgan fingerprint density at radius 3 is 2.11 bits per heavy atom. The SMILES string of the molecule is CCCCN(CCCC)CC(C)(C)C(O)c1ccc(OC)c2ccccc12. The first-order valence-corrected chi connectivity index (χ1v) is 10.4. The van der Waals surface area contributed by atoms with Crippen molar-refractivity contribution in [1.29, 1.82) is 0 Å². The van der Waals surface area contributed by atoms with Gasteiger partial charge in [0.05, 0.1) is 13.2 Å². The van der Waals surface area contributed by atoms with Crippen LogP contribution in [0.25, 0.3) is 10.8 Å². The molecule has 0 aliphatic rings. The maximum absolute atomic E-state index is 11.3. The summed E-state index contributed by atoms with van der Waals surface area (Å²) in [7, 11) is 1.70. The Bertz CT molecular complexity index is 703. The van der Waals surface area contributed by atoms with E-state index >= 15 is 0 Å². The minimum atomic E-state index is -0.529. The molecule has 0 amide bonds. The third-order valence-corrected chi connectivity index (χ3v) is 5.46. The van der Waals surface area contributed by atoms with Crippen molar-refractivity contribution in [2.24, 2.45) is 5.41 Å². The van der Waals surface area contributed by atoms with Crippen LogP contribution in [0.3, 0.4) is 0 Å². The van der Waals surface area contributed by atoms with Gasteiger partial charge in [-0.15, -0.1) is 0 Å². The fourth-order valence-electron chi connectivity index (χ4n) is 3.83. The zero-order valence-corrected chi connectivity index (χ0v) is 17.8. The van der Waals surface area contributed by atoms with Gasteiger partial charge in [0.1, 0.15) is 5.75 Å². The van der Waals surface area contributed by atoms with Crippen molar-refractivity contribution in [3.63, 3.8) is 0 Å². The summed E-state index contributed by atoms with van der Waals surface area (Å²) in [5, 5.41) is 13.5. The molecular formula is C24H37NO2. The predicted molar refractivity (Wildman–Crippen MR) is 115 cm³/mol. The number of hydrogen-bond donors (Lipinski definition) is 1. The Hall–Kier alpha value is -1.58. The average Bonchev–Trinajstić information content (AvgIpc) is 2.68. The molecule has 0 radical (unpaired) electrons. The molecule has 0 aliphatic heterocycles. The van der Waals surface area contributed by atoms with Crippen molar-refractivity contribution >= 4 is 10.8 Å². The molecule has 0 fully saturated rings. The van der Waals surface area contributed by atoms with Gasteiger partial charge in [0.2, 0.25) is 0 Å². The highest BCUT2D eigenvalue weighted by atomic mass is 16.5. The van der Waals surface area contributed by atoms with Gasteiger partial charge in [0.25, 0.3) is 0 Å². The highest BCUT2D eigenvalue weighted by Crippen LogP contribution is 2.39. The molecule has 0 saturated heterocycles. The van der Waals surface area contributed by atoms with Crippen molar-refractivity contribution in [3.8, 4) is 5.75 Å². The highest BCUT2D eigenvalue weighted by Gasteiger charge is 2.32. The Balaban J connectivity index is 2.28. The summed E-state index contributed by atoms with van der Waals surface area (Å²) in [6.45, 7) is 12.0. The number of rotatable bonds is 11. The number of nitrogens with zero attached hydrogens (tertiary/aromatic N) is 1. The van der Waals surface area contributed by atoms with Gasteiger partial charge in [0.15, 0.2) is 0 Å². The Kier molecular flexibility index (Phi) is 8.12. The summed E-state index contributed by atoms with van der Waals surface area (Å²) >= 11 is 0. The van der Waals surface area contributed by atoms with Crippen LogP contribution in [-0.2, 0) is 0 Å². The molecule has 0 aromatic heterocycles. The molecule has 150 valence electrons. The molecule has 0 aliphatic carbocycles. The summed E-state index contributed by atoms with van der Waals surface area (Å²) in [6, 6.07) is 12.2. The molecule has 0 spiro atoms. The quantitative estimate of drug-likeness (QED) is 0.541. The monoisotopic (exact) mass is 371 g/mol. The van der Waals surface area contributed by atoms with Gasteiger partial charge >= 0.3 is 0 Å². The Morgan fingerprint density at radius 2 is 1.56 bits per heavy atom. The second-order valence-electron chi connectivity index (χ2n) is 8.28. The fraction of sp³-hybridized carbons (Fsp3) is 0.583. The van der Waals surface area contributed by atoms with Crippen LogP contribution < -0.4 is 4.74 Å². The highest BCUT2D eigenvalue weighted by molar-refractivity contribution is 5.91. The van der Waals surface area contributed by atoms with Crippen LogP contribution in [0.5, 0.6) is 5.75 Å². The first kappa shape index (κ1) is 21.7. The van der Waals surface area contributed by atoms with E-state index in [1.54, 1.807) is 7.11 Å². The van der Waals surface area contributed by atoms with Crippen molar-refractivity contribution in [3.05, 3.63) is 42.0 Å². The van der Waals surface area contributed by atoms with Gasteiger partial charge in [-0.1, -0.05) is 70.9 Å². The Labute approximate surface area is 165 Å². The van der Waals surface area contributed by atoms with Crippen LogP contribution in [0.4, 0.5) is 0 Å². The normalized spacial score (nSPS) is 13.3. The molecule has 1 N–H and O–H groups in total. The van der Waals surface area contributed by atoms with Gasteiger partial charge in [-0.2, -0.15) is 0 Å². The van der Waals surface area contributed by atoms with Crippen LogP contribution in [0, 0.1) is 5.41 Å². The molecule has 2 aromatic carbocycles. The van der Waals surface area contributed by atoms with Crippen LogP contribution in [0.1, 0.15) is 65.0 Å². The van der Waals surface area contributed by atoms with Gasteiger partial charge in [0, 0.05) is 17.3 Å². The average molecular weight is 372 g/mol. The number of ether oxygens (including phenoxy) is 1. The molecule has 0 saturated carbocycles. The van der Waals surface area contributed by atoms with E-state index in [1.807, 2.05) is 24.3 Å². The third kappa shape index (κ3) is 5.46. The number of benzene rings is 2. The molecule has 2 aromatic rings. The zero-order valence-electron chi connectivity index (χ0n) is 17.8. The van der Waals surface area contributed by atoms with Crippen LogP contribution >= 0.6 is 0 Å². The number of fused-ring (bicyclic) bond motifs is 1. The fourth-order valence-corrected chi connectivity index (χ4v) is 3.83. The van der Waals surface area contributed by atoms with Gasteiger partial charge in [-0.05, 0) is 42.9 Å². The smallest absolute Gasteiger partial charge is 0.126 e. The lowest BCUT2D eigenvalue weighted by atomic mass is 9.80. The lowest BCUT2D eigenvalue weighted by Gasteiger charge is -2.37. The van der Waals surface area contributed by atoms with E-state index in [9.17, 15) is 5.11 Å². The molecular weight excluding hydrogens is 334 g/mol. The third-order valence-electron chi connectivity index (χ3n) is 5.46. The van der Waals surface area contributed by atoms with Crippen molar-refractivity contribution in [2.75, 3.05) is 26.7 Å². The topological polar surface area (TPSA) is 32.7 Å². The summed E-state index contributed by atoms with van der Waals surface area (Å²) in [5.41, 5.74) is 0.751. The second-order valence-corrected chi connectivity index (χ2v) is 8.28. The molecule has 3 heteroatoms. The van der Waals surface area contributed by atoms with Gasteiger partial charge < -0.3 is 14.7 Å². The largest absolute Gasteiger partial charge is 0.496 e. The summed E-state index contributed by atoms with van der Waals surface area (Å²) in [6.07, 6.45) is 4.30. The van der Waals surface area contributed by atoms with Crippen LogP contribution in [0.2, 0.25) is 0 Å². The lowest BCUT2D eigenvalue weighted by molar-refractivity contribution is 0.0204. The predicted octanol–water partition coefficient (Wildman–Crippen LogP) is 5.81. The molecule has 1 unspecified atom stereocenters. The standard InChI is InChI=1S/C24H37NO2/c1-6-8-16-25(17-9-7-2)18-24(3,4)23(26)21-14-15-22(27-5)20-13-11-10-12-19(20)21/h10-15,23,26H,6-9,16-18H2,1-5H3. The molecule has 27 heavy (non-hydrogen) atoms. The van der Waals surface area contributed by atoms with E-state index in [-0.39, 0.29) is 5.41 Å². The van der Waals surface area contributed by atoms with Gasteiger partial charge in [-0.25, -0.2) is 0 Å². The first-order valence-electron chi connectivity index (χ1n) is 10.4. The maximum atomic E-state index is 11.3.